The second-order valence-corrected chi connectivity index (χ2v) is 23.0. The number of thiazole rings is 1. The van der Waals surface area contributed by atoms with E-state index in [9.17, 15) is 23.2 Å². The van der Waals surface area contributed by atoms with Gasteiger partial charge in [0.25, 0.3) is 12.3 Å². The van der Waals surface area contributed by atoms with E-state index in [-0.39, 0.29) is 59.4 Å². The molecule has 4 saturated heterocycles. The number of ether oxygens (including phenoxy) is 6. The molecule has 7 aliphatic rings. The highest BCUT2D eigenvalue weighted by Crippen LogP contribution is 2.47. The number of nitrogens with one attached hydrogen (secondary N) is 2. The van der Waals surface area contributed by atoms with E-state index in [1.165, 1.54) is 16.3 Å². The van der Waals surface area contributed by atoms with E-state index in [1.807, 2.05) is 38.4 Å². The van der Waals surface area contributed by atoms with E-state index in [2.05, 4.69) is 71.0 Å². The third-order valence-electron chi connectivity index (χ3n) is 16.4. The van der Waals surface area contributed by atoms with Crippen LogP contribution in [0, 0.1) is 40.9 Å². The molecule has 5 aliphatic heterocycles. The lowest BCUT2D eigenvalue weighted by atomic mass is 9.73. The summed E-state index contributed by atoms with van der Waals surface area (Å²) >= 11 is 1.18. The molecule has 2 saturated carbocycles. The molecule has 2 amide bonds. The molecule has 0 radical (unpaired) electrons. The summed E-state index contributed by atoms with van der Waals surface area (Å²) in [6.07, 6.45) is 0.330. The Balaban J connectivity index is 1.13. The average Bonchev–Trinajstić information content (AvgIpc) is 3.66. The molecule has 8 atom stereocenters. The van der Waals surface area contributed by atoms with Gasteiger partial charge in [0.15, 0.2) is 0 Å². The molecule has 75 heavy (non-hydrogen) atoms. The van der Waals surface area contributed by atoms with Crippen LogP contribution in [0.5, 0.6) is 0 Å². The Kier molecular flexibility index (Phi) is 16.1. The molecule has 16 nitrogen and oxygen atoms in total. The number of benzene rings is 1. The van der Waals surface area contributed by atoms with E-state index in [0.717, 1.165) is 70.5 Å². The summed E-state index contributed by atoms with van der Waals surface area (Å²) in [6.45, 7) is 16.4. The number of alkyl halides is 2. The number of carbonyl (C=O) groups excluding carboxylic acids is 3. The standard InChI is InChI=1S/C56H71F2N7O9S/c1-31(63-14-19-71-20-15-63)8-9-35-22-41(47(59-27-35)34(4)69-7)50-42-26-56(5,6)30-74-55(68)48-37-23-38(24-37)65(62-48)54(67)49(61-52(66)46-32(2)33(46)3)51(73-28-45(57)58)53-60-43(29-75-53)36-10-11-44(40(42)25-36)64(50)16-21-72-39-12-17-70-18-13-39/h10-11,22,25,27,29,31-34,37-39,45-46,48-49,51,62H,12-21,23-24,26,28,30H2,1-7H3,(H,61,66)/t31-,32-,33+,34+,37?,38?,46?,48+,49+,51+/m1/s1. The monoisotopic (exact) mass is 1060 g/mol. The molecule has 2 N–H and O–H groups in total. The van der Waals surface area contributed by atoms with E-state index in [1.54, 1.807) is 7.11 Å². The molecule has 4 aromatic rings. The number of nitrogens with zero attached hydrogens (tertiary/aromatic N) is 5. The van der Waals surface area contributed by atoms with Crippen LogP contribution >= 0.6 is 11.3 Å². The van der Waals surface area contributed by atoms with Gasteiger partial charge in [0.1, 0.15) is 29.8 Å². The van der Waals surface area contributed by atoms with Gasteiger partial charge in [-0.3, -0.25) is 29.3 Å². The highest BCUT2D eigenvalue weighted by Gasteiger charge is 2.54. The van der Waals surface area contributed by atoms with Crippen LogP contribution < -0.4 is 10.7 Å². The van der Waals surface area contributed by atoms with Crippen molar-refractivity contribution in [2.24, 2.45) is 29.1 Å². The van der Waals surface area contributed by atoms with Crippen molar-refractivity contribution < 1.29 is 51.6 Å². The third kappa shape index (κ3) is 11.4. The van der Waals surface area contributed by atoms with Gasteiger partial charge in [0.2, 0.25) is 5.91 Å². The number of aromatic nitrogens is 3. The van der Waals surface area contributed by atoms with Crippen LogP contribution in [0.3, 0.4) is 0 Å². The Hall–Kier alpha value is -4.91. The topological polar surface area (TPSA) is 168 Å². The number of morpholine rings is 1. The Morgan fingerprint density at radius 3 is 2.51 bits per heavy atom. The minimum atomic E-state index is -2.87. The predicted octanol–water partition coefficient (Wildman–Crippen LogP) is 7.13. The van der Waals surface area contributed by atoms with Crippen molar-refractivity contribution in [3.63, 3.8) is 0 Å². The largest absolute Gasteiger partial charge is 0.464 e. The Bertz CT molecular complexity index is 2790. The summed E-state index contributed by atoms with van der Waals surface area (Å²) in [5.41, 5.74) is 8.94. The second-order valence-electron chi connectivity index (χ2n) is 22.1. The number of amides is 2. The molecule has 2 aliphatic carbocycles. The second kappa shape index (κ2) is 22.6. The Morgan fingerprint density at radius 1 is 1.04 bits per heavy atom. The van der Waals surface area contributed by atoms with Crippen molar-refractivity contribution >= 4 is 40.0 Å². The summed E-state index contributed by atoms with van der Waals surface area (Å²) in [5, 5.41) is 7.34. The van der Waals surface area contributed by atoms with Crippen LogP contribution in [0.4, 0.5) is 8.78 Å². The first kappa shape index (κ1) is 53.5. The first-order valence-corrected chi connectivity index (χ1v) is 27.6. The summed E-state index contributed by atoms with van der Waals surface area (Å²) in [6, 6.07) is 5.65. The summed E-state index contributed by atoms with van der Waals surface area (Å²) in [4.78, 5) is 55.8. The van der Waals surface area contributed by atoms with Crippen LogP contribution in [-0.4, -0.2) is 145 Å². The number of cyclic esters (lactones) is 1. The van der Waals surface area contributed by atoms with E-state index >= 15 is 0 Å². The van der Waals surface area contributed by atoms with E-state index < -0.39 is 54.6 Å². The van der Waals surface area contributed by atoms with Crippen LogP contribution in [0.15, 0.2) is 35.8 Å². The number of hydrazine groups is 1. The fraction of sp³-hybridized carbons (Fsp3) is 0.625. The lowest BCUT2D eigenvalue weighted by molar-refractivity contribution is -0.173. The van der Waals surface area contributed by atoms with Gasteiger partial charge in [0.05, 0.1) is 61.8 Å². The maximum Gasteiger partial charge on any atom is 0.325 e. The van der Waals surface area contributed by atoms with Gasteiger partial charge in [0, 0.05) is 96.5 Å². The maximum atomic E-state index is 15.0. The number of rotatable bonds is 13. The molecule has 3 aromatic heterocycles. The maximum absolute atomic E-state index is 15.0. The van der Waals surface area contributed by atoms with Crippen molar-refractivity contribution in [1.82, 2.24) is 35.2 Å². The smallest absolute Gasteiger partial charge is 0.325 e. The zero-order valence-corrected chi connectivity index (χ0v) is 44.9. The number of methoxy groups -OCH3 is 1. The fourth-order valence-corrected chi connectivity index (χ4v) is 12.5. The molecule has 6 fully saturated rings. The first-order valence-electron chi connectivity index (χ1n) is 26.7. The molecule has 8 heterocycles. The van der Waals surface area contributed by atoms with Gasteiger partial charge in [-0.2, -0.15) is 0 Å². The summed E-state index contributed by atoms with van der Waals surface area (Å²) in [5.74, 6) is 5.15. The molecule has 8 bridgehead atoms. The lowest BCUT2D eigenvalue weighted by Crippen LogP contribution is -2.72. The average molecular weight is 1060 g/mol. The Morgan fingerprint density at radius 2 is 1.79 bits per heavy atom. The molecule has 0 spiro atoms. The SMILES string of the molecule is CO[C@@H](C)c1ncc(C#C[C@@H](C)N2CCOCC2)cc1-c1c2c3cc(ccc3n1CCOC1CCOCC1)-c1csc(n1)[C@@H](OCC(F)F)[C@H](NC(=O)C1[C@@H](C)[C@H]1C)C(=O)N1N[C@H](C(=O)OCC(C)(C)C2)C2CC1C2. The molecular formula is C56H71F2N7O9S. The highest BCUT2D eigenvalue weighted by molar-refractivity contribution is 7.10. The molecule has 11 rings (SSSR count). The van der Waals surface area contributed by atoms with Gasteiger partial charge in [-0.15, -0.1) is 11.3 Å². The van der Waals surface area contributed by atoms with E-state index in [0.29, 0.717) is 64.5 Å². The quantitative estimate of drug-likeness (QED) is 0.103. The minimum Gasteiger partial charge on any atom is -0.464 e. The number of hydrogen-bond acceptors (Lipinski definition) is 14. The van der Waals surface area contributed by atoms with E-state index in [4.69, 9.17) is 38.4 Å². The fourth-order valence-electron chi connectivity index (χ4n) is 11.6. The minimum absolute atomic E-state index is 0.00861. The van der Waals surface area contributed by atoms with Gasteiger partial charge in [-0.1, -0.05) is 45.6 Å². The van der Waals surface area contributed by atoms with Crippen LogP contribution in [0.2, 0.25) is 0 Å². The van der Waals surface area contributed by atoms with Crippen LogP contribution in [-0.2, 0) is 55.8 Å². The summed E-state index contributed by atoms with van der Waals surface area (Å²) < 4.78 is 66.8. The first-order chi connectivity index (χ1) is 36.1. The van der Waals surface area contributed by atoms with Crippen LogP contribution in [0.1, 0.15) is 101 Å². The zero-order valence-electron chi connectivity index (χ0n) is 44.1. The van der Waals surface area contributed by atoms with Gasteiger partial charge < -0.3 is 38.3 Å². The lowest BCUT2D eigenvalue weighted by Gasteiger charge is -2.53. The van der Waals surface area contributed by atoms with Crippen molar-refractivity contribution in [2.45, 2.75) is 129 Å². The number of halogens is 2. The third-order valence-corrected chi connectivity index (χ3v) is 17.3. The molecular weight excluding hydrogens is 985 g/mol. The highest BCUT2D eigenvalue weighted by atomic mass is 32.1. The molecule has 1 unspecified atom stereocenters. The van der Waals surface area contributed by atoms with Crippen molar-refractivity contribution in [2.75, 3.05) is 66.4 Å². The van der Waals surface area contributed by atoms with Crippen molar-refractivity contribution in [3.05, 3.63) is 57.7 Å². The Labute approximate surface area is 441 Å². The number of esters is 1. The number of fused-ring (bicyclic) bond motifs is 4. The number of pyridine rings is 1. The normalized spacial score (nSPS) is 27.9. The van der Waals surface area contributed by atoms with Gasteiger partial charge >= 0.3 is 5.97 Å². The molecule has 404 valence electrons. The molecule has 1 aromatic carbocycles. The van der Waals surface area contributed by atoms with Crippen molar-refractivity contribution in [3.8, 4) is 34.4 Å². The zero-order chi connectivity index (χ0) is 52.7. The van der Waals surface area contributed by atoms with Gasteiger partial charge in [-0.25, -0.2) is 19.2 Å². The van der Waals surface area contributed by atoms with Crippen molar-refractivity contribution in [1.29, 1.82) is 0 Å². The molecule has 19 heteroatoms. The predicted molar refractivity (Wildman–Crippen MR) is 277 cm³/mol. The number of carbonyl (C=O) groups is 3. The summed E-state index contributed by atoms with van der Waals surface area (Å²) in [7, 11) is 1.67. The van der Waals surface area contributed by atoms with Crippen LogP contribution in [0.25, 0.3) is 33.4 Å². The van der Waals surface area contributed by atoms with Gasteiger partial charge in [-0.05, 0) is 87.5 Å². The number of hydrogen-bond donors (Lipinski definition) is 2.